The van der Waals surface area contributed by atoms with Gasteiger partial charge in [0.05, 0.1) is 0 Å². The van der Waals surface area contributed by atoms with E-state index in [4.69, 9.17) is 5.73 Å². The van der Waals surface area contributed by atoms with Gasteiger partial charge in [-0.15, -0.1) is 5.10 Å². The van der Waals surface area contributed by atoms with Crippen LogP contribution in [0.3, 0.4) is 0 Å². The average Bonchev–Trinajstić information content (AvgIpc) is 2.76. The van der Waals surface area contributed by atoms with Gasteiger partial charge in [0.15, 0.2) is 0 Å². The Morgan fingerprint density at radius 2 is 2.36 bits per heavy atom. The fourth-order valence-electron chi connectivity index (χ4n) is 1.19. The molecular formula is C7H8N6S. The number of nitrogens with two attached hydrogens (primary N) is 1. The molecule has 72 valence electrons. The number of hydrogen-bond acceptors (Lipinski definition) is 6. The summed E-state index contributed by atoms with van der Waals surface area (Å²) in [5, 5.41) is 4.70. The molecule has 7 heteroatoms. The second-order valence-corrected chi connectivity index (χ2v) is 3.99. The van der Waals surface area contributed by atoms with Crippen LogP contribution in [0.4, 0.5) is 5.95 Å². The molecule has 1 fully saturated rings. The van der Waals surface area contributed by atoms with E-state index in [9.17, 15) is 0 Å². The van der Waals surface area contributed by atoms with Crippen LogP contribution >= 0.6 is 11.5 Å². The van der Waals surface area contributed by atoms with Crippen LogP contribution in [0.5, 0.6) is 0 Å². The lowest BCUT2D eigenvalue weighted by Crippen LogP contribution is -1.95. The SMILES string of the molecule is Nc1ncn(-c2nc(C3CC3)ns2)n1. The van der Waals surface area contributed by atoms with Gasteiger partial charge in [-0.2, -0.15) is 9.06 Å². The zero-order valence-corrected chi connectivity index (χ0v) is 8.11. The quantitative estimate of drug-likeness (QED) is 0.780. The van der Waals surface area contributed by atoms with Crippen LogP contribution in [-0.4, -0.2) is 24.1 Å². The smallest absolute Gasteiger partial charge is 0.239 e. The van der Waals surface area contributed by atoms with Crippen molar-refractivity contribution in [1.82, 2.24) is 24.1 Å². The highest BCUT2D eigenvalue weighted by Crippen LogP contribution is 2.38. The molecule has 2 N–H and O–H groups in total. The molecule has 1 aliphatic carbocycles. The van der Waals surface area contributed by atoms with Crippen LogP contribution in [0.15, 0.2) is 6.33 Å². The van der Waals surface area contributed by atoms with Crippen molar-refractivity contribution >= 4 is 17.5 Å². The third kappa shape index (κ3) is 1.25. The van der Waals surface area contributed by atoms with Gasteiger partial charge in [-0.05, 0) is 12.8 Å². The molecule has 0 radical (unpaired) electrons. The monoisotopic (exact) mass is 208 g/mol. The van der Waals surface area contributed by atoms with Crippen LogP contribution in [0.25, 0.3) is 5.13 Å². The van der Waals surface area contributed by atoms with E-state index in [1.165, 1.54) is 24.4 Å². The zero-order chi connectivity index (χ0) is 9.54. The third-order valence-corrected chi connectivity index (χ3v) is 2.80. The molecular weight excluding hydrogens is 200 g/mol. The number of anilines is 1. The summed E-state index contributed by atoms with van der Waals surface area (Å²) in [4.78, 5) is 8.20. The van der Waals surface area contributed by atoms with Crippen molar-refractivity contribution < 1.29 is 0 Å². The minimum absolute atomic E-state index is 0.258. The number of nitrogens with zero attached hydrogens (tertiary/aromatic N) is 5. The van der Waals surface area contributed by atoms with Gasteiger partial charge in [0.2, 0.25) is 11.1 Å². The van der Waals surface area contributed by atoms with Gasteiger partial charge in [0, 0.05) is 17.5 Å². The predicted octanol–water partition coefficient (Wildman–Crippen LogP) is 0.578. The van der Waals surface area contributed by atoms with E-state index in [1.807, 2.05) is 0 Å². The molecule has 1 aliphatic rings. The number of hydrogen-bond donors (Lipinski definition) is 1. The van der Waals surface area contributed by atoms with E-state index < -0.39 is 0 Å². The Balaban J connectivity index is 1.95. The molecule has 0 saturated heterocycles. The maximum absolute atomic E-state index is 5.41. The van der Waals surface area contributed by atoms with Crippen molar-refractivity contribution in [2.75, 3.05) is 5.73 Å². The molecule has 6 nitrogen and oxygen atoms in total. The summed E-state index contributed by atoms with van der Waals surface area (Å²) in [6.45, 7) is 0. The van der Waals surface area contributed by atoms with Gasteiger partial charge >= 0.3 is 0 Å². The fourth-order valence-corrected chi connectivity index (χ4v) is 1.87. The first-order chi connectivity index (χ1) is 6.83. The summed E-state index contributed by atoms with van der Waals surface area (Å²) in [5.41, 5.74) is 5.41. The number of rotatable bonds is 2. The molecule has 0 aliphatic heterocycles. The maximum Gasteiger partial charge on any atom is 0.239 e. The average molecular weight is 208 g/mol. The van der Waals surface area contributed by atoms with Crippen LogP contribution in [-0.2, 0) is 0 Å². The van der Waals surface area contributed by atoms with Gasteiger partial charge in [-0.1, -0.05) is 0 Å². The Hall–Kier alpha value is -1.50. The molecule has 0 atom stereocenters. The highest BCUT2D eigenvalue weighted by atomic mass is 32.1. The highest BCUT2D eigenvalue weighted by molar-refractivity contribution is 7.08. The van der Waals surface area contributed by atoms with Gasteiger partial charge in [0.1, 0.15) is 12.2 Å². The first-order valence-corrected chi connectivity index (χ1v) is 5.11. The minimum atomic E-state index is 0.258. The summed E-state index contributed by atoms with van der Waals surface area (Å²) in [6.07, 6.45) is 3.96. The van der Waals surface area contributed by atoms with Gasteiger partial charge in [0.25, 0.3) is 0 Å². The first kappa shape index (κ1) is 7.86. The van der Waals surface area contributed by atoms with Crippen molar-refractivity contribution in [2.45, 2.75) is 18.8 Å². The number of aromatic nitrogens is 5. The van der Waals surface area contributed by atoms with Gasteiger partial charge in [-0.25, -0.2) is 9.97 Å². The van der Waals surface area contributed by atoms with Crippen LogP contribution in [0.2, 0.25) is 0 Å². The third-order valence-electron chi connectivity index (χ3n) is 2.08. The summed E-state index contributed by atoms with van der Waals surface area (Å²) in [7, 11) is 0. The fraction of sp³-hybridized carbons (Fsp3) is 0.429. The Morgan fingerprint density at radius 3 is 3.00 bits per heavy atom. The van der Waals surface area contributed by atoms with E-state index in [-0.39, 0.29) is 5.95 Å². The molecule has 0 amide bonds. The molecule has 2 aromatic rings. The molecule has 0 aromatic carbocycles. The molecule has 0 spiro atoms. The van der Waals surface area contributed by atoms with Crippen LogP contribution in [0.1, 0.15) is 24.6 Å². The van der Waals surface area contributed by atoms with Gasteiger partial charge in [-0.3, -0.25) is 0 Å². The lowest BCUT2D eigenvalue weighted by molar-refractivity contribution is 0.854. The molecule has 3 rings (SSSR count). The molecule has 2 heterocycles. The van der Waals surface area contributed by atoms with Crippen LogP contribution in [0, 0.1) is 0 Å². The normalized spacial score (nSPS) is 16.0. The Morgan fingerprint density at radius 1 is 1.50 bits per heavy atom. The van der Waals surface area contributed by atoms with Crippen molar-refractivity contribution in [3.05, 3.63) is 12.2 Å². The van der Waals surface area contributed by atoms with E-state index >= 15 is 0 Å². The highest BCUT2D eigenvalue weighted by Gasteiger charge is 2.28. The predicted molar refractivity (Wildman–Crippen MR) is 51.2 cm³/mol. The maximum atomic E-state index is 5.41. The van der Waals surface area contributed by atoms with Crippen molar-refractivity contribution in [2.24, 2.45) is 0 Å². The second-order valence-electron chi connectivity index (χ2n) is 3.26. The van der Waals surface area contributed by atoms with E-state index in [0.29, 0.717) is 5.92 Å². The lowest BCUT2D eigenvalue weighted by atomic mass is 10.4. The van der Waals surface area contributed by atoms with Crippen molar-refractivity contribution in [3.8, 4) is 5.13 Å². The Bertz CT molecular complexity index is 456. The molecule has 2 aromatic heterocycles. The molecule has 0 bridgehead atoms. The standard InChI is InChI=1S/C7H8N6S/c8-6-9-3-13(11-6)7-10-5(12-14-7)4-1-2-4/h3-4H,1-2H2,(H2,8,11). The van der Waals surface area contributed by atoms with E-state index in [2.05, 4.69) is 19.4 Å². The molecule has 14 heavy (non-hydrogen) atoms. The zero-order valence-electron chi connectivity index (χ0n) is 7.29. The van der Waals surface area contributed by atoms with E-state index in [0.717, 1.165) is 11.0 Å². The Kier molecular flexibility index (Phi) is 1.54. The molecule has 1 saturated carbocycles. The first-order valence-electron chi connectivity index (χ1n) is 4.34. The lowest BCUT2D eigenvalue weighted by Gasteiger charge is -1.89. The Labute approximate surface area is 84.0 Å². The van der Waals surface area contributed by atoms with Crippen LogP contribution < -0.4 is 5.73 Å². The van der Waals surface area contributed by atoms with Crippen molar-refractivity contribution in [3.63, 3.8) is 0 Å². The minimum Gasteiger partial charge on any atom is -0.366 e. The van der Waals surface area contributed by atoms with Gasteiger partial charge < -0.3 is 5.73 Å². The largest absolute Gasteiger partial charge is 0.366 e. The topological polar surface area (TPSA) is 82.5 Å². The summed E-state index contributed by atoms with van der Waals surface area (Å²) >= 11 is 1.33. The number of nitrogen functional groups attached to an aromatic ring is 1. The van der Waals surface area contributed by atoms with Crippen molar-refractivity contribution in [1.29, 1.82) is 0 Å². The summed E-state index contributed by atoms with van der Waals surface area (Å²) < 4.78 is 5.82. The van der Waals surface area contributed by atoms with E-state index in [1.54, 1.807) is 11.0 Å². The molecule has 0 unspecified atom stereocenters. The summed E-state index contributed by atoms with van der Waals surface area (Å²) in [6, 6.07) is 0. The second kappa shape index (κ2) is 2.74. The summed E-state index contributed by atoms with van der Waals surface area (Å²) in [5.74, 6) is 1.76.